The standard InChI is InChI=1S/C11H21F3N2/c1-2-6-15-9-10-4-3-7-16(10)8-5-11(12,13)14/h10,15H,2-9H2,1H3. The van der Waals surface area contributed by atoms with Gasteiger partial charge in [-0.25, -0.2) is 0 Å². The van der Waals surface area contributed by atoms with Crippen molar-refractivity contribution in [1.29, 1.82) is 0 Å². The van der Waals surface area contributed by atoms with Crippen molar-refractivity contribution >= 4 is 0 Å². The highest BCUT2D eigenvalue weighted by Crippen LogP contribution is 2.23. The van der Waals surface area contributed by atoms with E-state index in [0.29, 0.717) is 6.04 Å². The van der Waals surface area contributed by atoms with E-state index in [1.165, 1.54) is 0 Å². The highest BCUT2D eigenvalue weighted by molar-refractivity contribution is 4.81. The van der Waals surface area contributed by atoms with Gasteiger partial charge in [0.15, 0.2) is 0 Å². The van der Waals surface area contributed by atoms with Crippen LogP contribution < -0.4 is 5.32 Å². The second-order valence-corrected chi connectivity index (χ2v) is 4.40. The monoisotopic (exact) mass is 238 g/mol. The first kappa shape index (κ1) is 13.8. The van der Waals surface area contributed by atoms with Gasteiger partial charge in [-0.05, 0) is 32.4 Å². The molecule has 5 heteroatoms. The number of alkyl halides is 3. The highest BCUT2D eigenvalue weighted by atomic mass is 19.4. The van der Waals surface area contributed by atoms with Crippen LogP contribution in [-0.4, -0.2) is 43.3 Å². The summed E-state index contributed by atoms with van der Waals surface area (Å²) in [4.78, 5) is 1.97. The minimum atomic E-state index is -4.02. The van der Waals surface area contributed by atoms with Gasteiger partial charge in [0, 0.05) is 19.1 Å². The van der Waals surface area contributed by atoms with Crippen LogP contribution in [0.25, 0.3) is 0 Å². The molecule has 0 spiro atoms. The number of halogens is 3. The molecule has 1 heterocycles. The van der Waals surface area contributed by atoms with Crippen molar-refractivity contribution < 1.29 is 13.2 Å². The van der Waals surface area contributed by atoms with Crippen LogP contribution in [-0.2, 0) is 0 Å². The van der Waals surface area contributed by atoms with Gasteiger partial charge in [0.25, 0.3) is 0 Å². The molecular weight excluding hydrogens is 217 g/mol. The third-order valence-electron chi connectivity index (χ3n) is 2.99. The van der Waals surface area contributed by atoms with Crippen LogP contribution >= 0.6 is 0 Å². The third-order valence-corrected chi connectivity index (χ3v) is 2.99. The zero-order valence-corrected chi connectivity index (χ0v) is 9.82. The van der Waals surface area contributed by atoms with E-state index in [2.05, 4.69) is 12.2 Å². The quantitative estimate of drug-likeness (QED) is 0.715. The van der Waals surface area contributed by atoms with Gasteiger partial charge in [-0.1, -0.05) is 6.92 Å². The summed E-state index contributed by atoms with van der Waals surface area (Å²) in [5.74, 6) is 0. The molecule has 0 aliphatic carbocycles. The Hall–Kier alpha value is -0.290. The Balaban J connectivity index is 2.23. The Morgan fingerprint density at radius 3 is 2.75 bits per heavy atom. The average molecular weight is 238 g/mol. The fraction of sp³-hybridized carbons (Fsp3) is 1.00. The first-order valence-corrected chi connectivity index (χ1v) is 6.04. The minimum Gasteiger partial charge on any atom is -0.315 e. The zero-order chi connectivity index (χ0) is 12.0. The lowest BCUT2D eigenvalue weighted by molar-refractivity contribution is -0.138. The highest BCUT2D eigenvalue weighted by Gasteiger charge is 2.31. The number of nitrogens with zero attached hydrogens (tertiary/aromatic N) is 1. The molecule has 1 atom stereocenters. The molecule has 1 rings (SSSR count). The van der Waals surface area contributed by atoms with E-state index < -0.39 is 12.6 Å². The molecule has 0 saturated carbocycles. The molecule has 0 aromatic heterocycles. The molecule has 1 aliphatic heterocycles. The molecule has 1 aliphatic rings. The topological polar surface area (TPSA) is 15.3 Å². The molecule has 96 valence electrons. The SMILES string of the molecule is CCCNCC1CCCN1CCC(F)(F)F. The van der Waals surface area contributed by atoms with Crippen LogP contribution in [0.2, 0.25) is 0 Å². The van der Waals surface area contributed by atoms with Crippen molar-refractivity contribution in [3.8, 4) is 0 Å². The van der Waals surface area contributed by atoms with Crippen LogP contribution in [0.4, 0.5) is 13.2 Å². The van der Waals surface area contributed by atoms with Gasteiger partial charge < -0.3 is 5.32 Å². The smallest absolute Gasteiger partial charge is 0.315 e. The first-order valence-electron chi connectivity index (χ1n) is 6.04. The number of hydrogen-bond acceptors (Lipinski definition) is 2. The fourth-order valence-corrected chi connectivity index (χ4v) is 2.14. The number of nitrogens with one attached hydrogen (secondary N) is 1. The van der Waals surface area contributed by atoms with Crippen LogP contribution in [0.1, 0.15) is 32.6 Å². The molecule has 16 heavy (non-hydrogen) atoms. The van der Waals surface area contributed by atoms with Gasteiger partial charge >= 0.3 is 6.18 Å². The van der Waals surface area contributed by atoms with E-state index in [1.807, 2.05) is 4.90 Å². The van der Waals surface area contributed by atoms with E-state index >= 15 is 0 Å². The van der Waals surface area contributed by atoms with E-state index in [0.717, 1.165) is 38.9 Å². The predicted octanol–water partition coefficient (Wildman–Crippen LogP) is 2.40. The summed E-state index contributed by atoms with van der Waals surface area (Å²) in [6.07, 6.45) is -1.60. The zero-order valence-electron chi connectivity index (χ0n) is 9.82. The Morgan fingerprint density at radius 1 is 1.38 bits per heavy atom. The normalized spacial score (nSPS) is 22.9. The van der Waals surface area contributed by atoms with Crippen molar-refractivity contribution in [3.63, 3.8) is 0 Å². The Bertz CT molecular complexity index is 194. The maximum absolute atomic E-state index is 12.1. The van der Waals surface area contributed by atoms with Gasteiger partial charge in [-0.2, -0.15) is 13.2 Å². The molecule has 0 radical (unpaired) electrons. The van der Waals surface area contributed by atoms with Crippen molar-refractivity contribution in [1.82, 2.24) is 10.2 Å². The number of likely N-dealkylation sites (tertiary alicyclic amines) is 1. The second-order valence-electron chi connectivity index (χ2n) is 4.40. The van der Waals surface area contributed by atoms with Gasteiger partial charge in [-0.15, -0.1) is 0 Å². The summed E-state index contributed by atoms with van der Waals surface area (Å²) in [5, 5.41) is 3.28. The molecule has 0 aromatic rings. The van der Waals surface area contributed by atoms with Crippen LogP contribution in [0.3, 0.4) is 0 Å². The predicted molar refractivity (Wildman–Crippen MR) is 58.4 cm³/mol. The van der Waals surface area contributed by atoms with Crippen molar-refractivity contribution in [2.24, 2.45) is 0 Å². The van der Waals surface area contributed by atoms with E-state index in [-0.39, 0.29) is 6.54 Å². The Morgan fingerprint density at radius 2 is 2.12 bits per heavy atom. The Kier molecular flexibility index (Phi) is 5.55. The lowest BCUT2D eigenvalue weighted by Gasteiger charge is -2.25. The molecule has 1 saturated heterocycles. The number of rotatable bonds is 6. The molecule has 2 nitrogen and oxygen atoms in total. The van der Waals surface area contributed by atoms with Crippen LogP contribution in [0, 0.1) is 0 Å². The van der Waals surface area contributed by atoms with Crippen molar-refractivity contribution in [2.45, 2.75) is 44.8 Å². The molecule has 0 aromatic carbocycles. The van der Waals surface area contributed by atoms with E-state index in [1.54, 1.807) is 0 Å². The molecule has 1 fully saturated rings. The minimum absolute atomic E-state index is 0.155. The second kappa shape index (κ2) is 6.45. The Labute approximate surface area is 95.2 Å². The molecule has 1 N–H and O–H groups in total. The first-order chi connectivity index (χ1) is 7.53. The largest absolute Gasteiger partial charge is 0.390 e. The van der Waals surface area contributed by atoms with Crippen molar-refractivity contribution in [2.75, 3.05) is 26.2 Å². The third kappa shape index (κ3) is 5.16. The average Bonchev–Trinajstić information content (AvgIpc) is 2.62. The van der Waals surface area contributed by atoms with Gasteiger partial charge in [-0.3, -0.25) is 4.90 Å². The maximum Gasteiger partial charge on any atom is 0.390 e. The molecule has 1 unspecified atom stereocenters. The van der Waals surface area contributed by atoms with Gasteiger partial charge in [0.05, 0.1) is 6.42 Å². The summed E-state index contributed by atoms with van der Waals surface area (Å²) in [7, 11) is 0. The lowest BCUT2D eigenvalue weighted by Crippen LogP contribution is -2.39. The van der Waals surface area contributed by atoms with Crippen LogP contribution in [0.15, 0.2) is 0 Å². The number of hydrogen-bond donors (Lipinski definition) is 1. The van der Waals surface area contributed by atoms with Crippen molar-refractivity contribution in [3.05, 3.63) is 0 Å². The van der Waals surface area contributed by atoms with E-state index in [4.69, 9.17) is 0 Å². The van der Waals surface area contributed by atoms with Crippen LogP contribution in [0.5, 0.6) is 0 Å². The fourth-order valence-electron chi connectivity index (χ4n) is 2.14. The maximum atomic E-state index is 12.1. The summed E-state index contributed by atoms with van der Waals surface area (Å²) in [6, 6.07) is 0.300. The van der Waals surface area contributed by atoms with E-state index in [9.17, 15) is 13.2 Å². The summed E-state index contributed by atoms with van der Waals surface area (Å²) in [6.45, 7) is 4.83. The summed E-state index contributed by atoms with van der Waals surface area (Å²) in [5.41, 5.74) is 0. The molecule has 0 amide bonds. The lowest BCUT2D eigenvalue weighted by atomic mass is 10.2. The van der Waals surface area contributed by atoms with Gasteiger partial charge in [0.2, 0.25) is 0 Å². The van der Waals surface area contributed by atoms with Gasteiger partial charge in [0.1, 0.15) is 0 Å². The molecule has 0 bridgehead atoms. The summed E-state index contributed by atoms with van der Waals surface area (Å²) < 4.78 is 36.3. The molecular formula is C11H21F3N2. The summed E-state index contributed by atoms with van der Waals surface area (Å²) >= 11 is 0.